The zero-order valence-electron chi connectivity index (χ0n) is 14.3. The van der Waals surface area contributed by atoms with Gasteiger partial charge in [-0.05, 0) is 33.1 Å². The molecule has 1 aliphatic heterocycles. The molecule has 0 radical (unpaired) electrons. The van der Waals surface area contributed by atoms with E-state index in [2.05, 4.69) is 13.2 Å². The Balaban J connectivity index is 2.54. The van der Waals surface area contributed by atoms with Gasteiger partial charge in [-0.2, -0.15) is 0 Å². The van der Waals surface area contributed by atoms with Crippen LogP contribution in [0.15, 0.2) is 24.3 Å². The number of rotatable bonds is 7. The molecule has 1 aliphatic rings. The van der Waals surface area contributed by atoms with Crippen LogP contribution < -0.4 is 0 Å². The third-order valence-electron chi connectivity index (χ3n) is 3.38. The number of hydrogen-bond acceptors (Lipinski definition) is 6. The zero-order chi connectivity index (χ0) is 18.1. The van der Waals surface area contributed by atoms with Crippen molar-refractivity contribution in [2.45, 2.75) is 39.2 Å². The Morgan fingerprint density at radius 2 is 1.46 bits per heavy atom. The van der Waals surface area contributed by atoms with Crippen molar-refractivity contribution in [1.82, 2.24) is 4.90 Å². The van der Waals surface area contributed by atoms with Crippen LogP contribution in [0.4, 0.5) is 4.79 Å². The van der Waals surface area contributed by atoms with E-state index in [4.69, 9.17) is 14.2 Å². The quantitative estimate of drug-likeness (QED) is 0.402. The van der Waals surface area contributed by atoms with Crippen molar-refractivity contribution < 1.29 is 28.6 Å². The van der Waals surface area contributed by atoms with Gasteiger partial charge >= 0.3 is 18.0 Å². The summed E-state index contributed by atoms with van der Waals surface area (Å²) in [6.07, 6.45) is 1.63. The van der Waals surface area contributed by atoms with Crippen molar-refractivity contribution in [2.75, 3.05) is 26.3 Å². The topological polar surface area (TPSA) is 82.1 Å². The summed E-state index contributed by atoms with van der Waals surface area (Å²) in [4.78, 5) is 36.7. The molecule has 1 rings (SSSR count). The van der Waals surface area contributed by atoms with Crippen molar-refractivity contribution in [3.05, 3.63) is 24.3 Å². The van der Waals surface area contributed by atoms with E-state index >= 15 is 0 Å². The lowest BCUT2D eigenvalue weighted by Gasteiger charge is -2.26. The fourth-order valence-electron chi connectivity index (χ4n) is 1.99. The van der Waals surface area contributed by atoms with Gasteiger partial charge in [0.05, 0.1) is 0 Å². The fourth-order valence-corrected chi connectivity index (χ4v) is 1.99. The first-order chi connectivity index (χ1) is 11.3. The molecule has 134 valence electrons. The second-order valence-corrected chi connectivity index (χ2v) is 5.81. The lowest BCUT2D eigenvalue weighted by Crippen LogP contribution is -2.38. The zero-order valence-corrected chi connectivity index (χ0v) is 14.3. The van der Waals surface area contributed by atoms with E-state index in [0.717, 1.165) is 19.3 Å². The van der Waals surface area contributed by atoms with E-state index in [1.807, 2.05) is 0 Å². The lowest BCUT2D eigenvalue weighted by molar-refractivity contribution is -0.156. The summed E-state index contributed by atoms with van der Waals surface area (Å²) in [5.41, 5.74) is 0.430. The summed E-state index contributed by atoms with van der Waals surface area (Å²) < 4.78 is 15.3. The van der Waals surface area contributed by atoms with Crippen LogP contribution in [0.3, 0.4) is 0 Å². The predicted octanol–water partition coefficient (Wildman–Crippen LogP) is 2.22. The maximum atomic E-state index is 12.0. The lowest BCUT2D eigenvalue weighted by atomic mass is 10.1. The van der Waals surface area contributed by atoms with Gasteiger partial charge in [0.1, 0.15) is 13.2 Å². The maximum absolute atomic E-state index is 12.0. The number of esters is 2. The van der Waals surface area contributed by atoms with Crippen LogP contribution in [-0.4, -0.2) is 55.3 Å². The minimum Gasteiger partial charge on any atom is -0.458 e. The van der Waals surface area contributed by atoms with Gasteiger partial charge in [-0.3, -0.25) is 0 Å². The van der Waals surface area contributed by atoms with Gasteiger partial charge in [0.25, 0.3) is 0 Å². The summed E-state index contributed by atoms with van der Waals surface area (Å²) in [6, 6.07) is 0. The minimum atomic E-state index is -0.897. The largest absolute Gasteiger partial charge is 0.458 e. The molecule has 0 aromatic carbocycles. The molecule has 0 aromatic heterocycles. The van der Waals surface area contributed by atoms with Gasteiger partial charge < -0.3 is 19.1 Å². The smallest absolute Gasteiger partial charge is 0.409 e. The van der Waals surface area contributed by atoms with E-state index < -0.39 is 24.1 Å². The van der Waals surface area contributed by atoms with Crippen LogP contribution in [0.1, 0.15) is 33.1 Å². The molecule has 1 fully saturated rings. The van der Waals surface area contributed by atoms with Crippen molar-refractivity contribution in [3.8, 4) is 0 Å². The van der Waals surface area contributed by atoms with Crippen LogP contribution in [-0.2, 0) is 23.8 Å². The summed E-state index contributed by atoms with van der Waals surface area (Å²) in [6.45, 7) is 10.8. The Morgan fingerprint density at radius 3 is 2.00 bits per heavy atom. The van der Waals surface area contributed by atoms with Crippen molar-refractivity contribution in [3.63, 3.8) is 0 Å². The molecule has 0 saturated carbocycles. The Labute approximate surface area is 142 Å². The molecule has 1 heterocycles. The average molecular weight is 339 g/mol. The Bertz CT molecular complexity index is 507. The Kier molecular flexibility index (Phi) is 8.01. The first kappa shape index (κ1) is 19.7. The first-order valence-electron chi connectivity index (χ1n) is 7.92. The van der Waals surface area contributed by atoms with Gasteiger partial charge in [0.15, 0.2) is 6.10 Å². The molecular weight excluding hydrogens is 314 g/mol. The predicted molar refractivity (Wildman–Crippen MR) is 87.2 cm³/mol. The number of carbonyl (C=O) groups is 3. The highest BCUT2D eigenvalue weighted by molar-refractivity contribution is 5.87. The normalized spacial score (nSPS) is 15.2. The molecule has 0 aromatic rings. The molecule has 24 heavy (non-hydrogen) atoms. The molecule has 0 spiro atoms. The van der Waals surface area contributed by atoms with E-state index in [1.165, 1.54) is 13.8 Å². The summed E-state index contributed by atoms with van der Waals surface area (Å²) in [5, 5.41) is 0. The Hall–Kier alpha value is -2.31. The summed E-state index contributed by atoms with van der Waals surface area (Å²) >= 11 is 0. The van der Waals surface area contributed by atoms with Crippen molar-refractivity contribution in [2.24, 2.45) is 0 Å². The minimum absolute atomic E-state index is 0.197. The highest BCUT2D eigenvalue weighted by Crippen LogP contribution is 2.11. The van der Waals surface area contributed by atoms with Gasteiger partial charge in [-0.1, -0.05) is 13.2 Å². The summed E-state index contributed by atoms with van der Waals surface area (Å²) in [7, 11) is 0. The number of amides is 1. The van der Waals surface area contributed by atoms with Crippen molar-refractivity contribution >= 4 is 18.0 Å². The van der Waals surface area contributed by atoms with E-state index in [-0.39, 0.29) is 24.4 Å². The fraction of sp³-hybridized carbons (Fsp3) is 0.588. The number of piperidine rings is 1. The van der Waals surface area contributed by atoms with Crippen LogP contribution in [0.25, 0.3) is 0 Å². The van der Waals surface area contributed by atoms with Gasteiger partial charge in [-0.15, -0.1) is 0 Å². The highest BCUT2D eigenvalue weighted by Gasteiger charge is 2.23. The highest BCUT2D eigenvalue weighted by atomic mass is 16.6. The van der Waals surface area contributed by atoms with Gasteiger partial charge in [-0.25, -0.2) is 14.4 Å². The molecular formula is C17H25NO6. The maximum Gasteiger partial charge on any atom is 0.409 e. The van der Waals surface area contributed by atoms with Crippen LogP contribution in [0.2, 0.25) is 0 Å². The average Bonchev–Trinajstić information content (AvgIpc) is 2.56. The molecule has 7 heteroatoms. The molecule has 1 unspecified atom stereocenters. The van der Waals surface area contributed by atoms with E-state index in [0.29, 0.717) is 13.1 Å². The number of ether oxygens (including phenoxy) is 3. The number of likely N-dealkylation sites (tertiary alicyclic amines) is 1. The molecule has 0 N–H and O–H groups in total. The van der Waals surface area contributed by atoms with E-state index in [1.54, 1.807) is 4.90 Å². The first-order valence-corrected chi connectivity index (χ1v) is 7.92. The molecule has 1 amide bonds. The number of nitrogens with zero attached hydrogens (tertiary/aromatic N) is 1. The SMILES string of the molecule is C=C(C)C(=O)OCC(COC(=O)N1CCCCC1)OC(=O)C(=C)C. The molecule has 0 aliphatic carbocycles. The monoisotopic (exact) mass is 339 g/mol. The number of carbonyl (C=O) groups excluding carboxylic acids is 3. The molecule has 1 saturated heterocycles. The van der Waals surface area contributed by atoms with Gasteiger partial charge in [0.2, 0.25) is 0 Å². The standard InChI is InChI=1S/C17H25NO6/c1-12(2)15(19)22-10-14(24-16(20)13(3)4)11-23-17(21)18-8-6-5-7-9-18/h14H,1,3,5-11H2,2,4H3. The molecule has 7 nitrogen and oxygen atoms in total. The third-order valence-corrected chi connectivity index (χ3v) is 3.38. The van der Waals surface area contributed by atoms with E-state index in [9.17, 15) is 14.4 Å². The molecule has 0 bridgehead atoms. The molecule has 1 atom stereocenters. The van der Waals surface area contributed by atoms with Crippen LogP contribution in [0, 0.1) is 0 Å². The van der Waals surface area contributed by atoms with Crippen molar-refractivity contribution in [1.29, 1.82) is 0 Å². The van der Waals surface area contributed by atoms with Crippen LogP contribution in [0.5, 0.6) is 0 Å². The second-order valence-electron chi connectivity index (χ2n) is 5.81. The number of hydrogen-bond donors (Lipinski definition) is 0. The second kappa shape index (κ2) is 9.75. The van der Waals surface area contributed by atoms with Crippen LogP contribution >= 0.6 is 0 Å². The summed E-state index contributed by atoms with van der Waals surface area (Å²) in [5.74, 6) is -1.24. The third kappa shape index (κ3) is 6.85. The van der Waals surface area contributed by atoms with Gasteiger partial charge in [0, 0.05) is 24.2 Å². The Morgan fingerprint density at radius 1 is 0.917 bits per heavy atom.